The van der Waals surface area contributed by atoms with Gasteiger partial charge < -0.3 is 5.11 Å². The van der Waals surface area contributed by atoms with Crippen molar-refractivity contribution in [2.75, 3.05) is 0 Å². The summed E-state index contributed by atoms with van der Waals surface area (Å²) in [7, 11) is 0. The Morgan fingerprint density at radius 1 is 1.25 bits per heavy atom. The zero-order valence-corrected chi connectivity index (χ0v) is 10.5. The summed E-state index contributed by atoms with van der Waals surface area (Å²) < 4.78 is 0. The SMILES string of the molecule is Cc1ccc(C(O)C2CCCC2(C)C)cc1. The normalized spacial score (nSPS) is 25.6. The maximum atomic E-state index is 10.4. The largest absolute Gasteiger partial charge is 0.388 e. The Morgan fingerprint density at radius 3 is 2.38 bits per heavy atom. The first-order valence-electron chi connectivity index (χ1n) is 6.25. The Morgan fingerprint density at radius 2 is 1.88 bits per heavy atom. The fourth-order valence-corrected chi connectivity index (χ4v) is 2.93. The molecule has 0 aliphatic heterocycles. The van der Waals surface area contributed by atoms with Gasteiger partial charge in [-0.2, -0.15) is 0 Å². The van der Waals surface area contributed by atoms with Crippen molar-refractivity contribution in [2.24, 2.45) is 11.3 Å². The Labute approximate surface area is 98.5 Å². The van der Waals surface area contributed by atoms with Crippen LogP contribution in [0.2, 0.25) is 0 Å². The third kappa shape index (κ3) is 2.15. The molecule has 16 heavy (non-hydrogen) atoms. The fraction of sp³-hybridized carbons (Fsp3) is 0.600. The van der Waals surface area contributed by atoms with Gasteiger partial charge in [0.25, 0.3) is 0 Å². The first kappa shape index (κ1) is 11.7. The standard InChI is InChI=1S/C15H22O/c1-11-6-8-12(9-7-11)14(16)13-5-4-10-15(13,2)3/h6-9,13-14,16H,4-5,10H2,1-3H3. The van der Waals surface area contributed by atoms with Crippen LogP contribution in [0.5, 0.6) is 0 Å². The fourth-order valence-electron chi connectivity index (χ4n) is 2.93. The molecule has 1 heteroatoms. The lowest BCUT2D eigenvalue weighted by Crippen LogP contribution is -2.24. The van der Waals surface area contributed by atoms with Crippen molar-refractivity contribution < 1.29 is 5.11 Å². The van der Waals surface area contributed by atoms with Gasteiger partial charge in [0.1, 0.15) is 0 Å². The molecule has 2 atom stereocenters. The van der Waals surface area contributed by atoms with Gasteiger partial charge in [-0.05, 0) is 36.7 Å². The van der Waals surface area contributed by atoms with Crippen LogP contribution in [0.1, 0.15) is 50.3 Å². The molecule has 1 nitrogen and oxygen atoms in total. The summed E-state index contributed by atoms with van der Waals surface area (Å²) in [6.07, 6.45) is 3.35. The van der Waals surface area contributed by atoms with Crippen molar-refractivity contribution in [1.29, 1.82) is 0 Å². The highest BCUT2D eigenvalue weighted by Crippen LogP contribution is 2.48. The maximum absolute atomic E-state index is 10.4. The van der Waals surface area contributed by atoms with E-state index in [9.17, 15) is 5.11 Å². The first-order chi connectivity index (χ1) is 7.50. The molecular weight excluding hydrogens is 196 g/mol. The van der Waals surface area contributed by atoms with E-state index in [1.54, 1.807) is 0 Å². The molecule has 1 N–H and O–H groups in total. The number of aliphatic hydroxyl groups is 1. The van der Waals surface area contributed by atoms with Gasteiger partial charge in [0.05, 0.1) is 6.10 Å². The van der Waals surface area contributed by atoms with Gasteiger partial charge in [0, 0.05) is 0 Å². The van der Waals surface area contributed by atoms with Gasteiger partial charge in [0.2, 0.25) is 0 Å². The van der Waals surface area contributed by atoms with Gasteiger partial charge in [-0.15, -0.1) is 0 Å². The lowest BCUT2D eigenvalue weighted by molar-refractivity contribution is 0.0531. The van der Waals surface area contributed by atoms with Gasteiger partial charge in [-0.3, -0.25) is 0 Å². The minimum Gasteiger partial charge on any atom is -0.388 e. The lowest BCUT2D eigenvalue weighted by atomic mass is 9.77. The molecule has 0 radical (unpaired) electrons. The maximum Gasteiger partial charge on any atom is 0.0823 e. The van der Waals surface area contributed by atoms with E-state index in [2.05, 4.69) is 45.0 Å². The smallest absolute Gasteiger partial charge is 0.0823 e. The average molecular weight is 218 g/mol. The van der Waals surface area contributed by atoms with Crippen LogP contribution in [-0.4, -0.2) is 5.11 Å². The molecule has 2 unspecified atom stereocenters. The molecule has 1 fully saturated rings. The van der Waals surface area contributed by atoms with Crippen molar-refractivity contribution >= 4 is 0 Å². The summed E-state index contributed by atoms with van der Waals surface area (Å²) in [5.41, 5.74) is 2.61. The minimum atomic E-state index is -0.293. The van der Waals surface area contributed by atoms with Crippen LogP contribution in [0.3, 0.4) is 0 Å². The van der Waals surface area contributed by atoms with Crippen LogP contribution in [0, 0.1) is 18.3 Å². The zero-order chi connectivity index (χ0) is 11.8. The van der Waals surface area contributed by atoms with E-state index in [0.29, 0.717) is 5.92 Å². The molecule has 1 aromatic rings. The lowest BCUT2D eigenvalue weighted by Gasteiger charge is -2.31. The van der Waals surface area contributed by atoms with E-state index in [1.165, 1.54) is 18.4 Å². The second-order valence-corrected chi connectivity index (χ2v) is 5.84. The zero-order valence-electron chi connectivity index (χ0n) is 10.5. The molecule has 1 aliphatic rings. The third-order valence-corrected chi connectivity index (χ3v) is 4.14. The molecule has 0 bridgehead atoms. The molecule has 0 spiro atoms. The number of benzene rings is 1. The quantitative estimate of drug-likeness (QED) is 0.799. The van der Waals surface area contributed by atoms with Crippen LogP contribution in [0.4, 0.5) is 0 Å². The molecule has 0 aromatic heterocycles. The highest BCUT2D eigenvalue weighted by atomic mass is 16.3. The summed E-state index contributed by atoms with van der Waals surface area (Å²) in [5.74, 6) is 0.412. The van der Waals surface area contributed by atoms with Crippen LogP contribution >= 0.6 is 0 Å². The van der Waals surface area contributed by atoms with E-state index in [4.69, 9.17) is 0 Å². The van der Waals surface area contributed by atoms with Crippen molar-refractivity contribution in [2.45, 2.75) is 46.1 Å². The van der Waals surface area contributed by atoms with E-state index in [1.807, 2.05) is 0 Å². The van der Waals surface area contributed by atoms with Gasteiger partial charge in [0.15, 0.2) is 0 Å². The monoisotopic (exact) mass is 218 g/mol. The van der Waals surface area contributed by atoms with Gasteiger partial charge in [-0.1, -0.05) is 50.1 Å². The Bertz CT molecular complexity index is 350. The molecule has 1 aromatic carbocycles. The van der Waals surface area contributed by atoms with Crippen molar-refractivity contribution in [3.8, 4) is 0 Å². The highest BCUT2D eigenvalue weighted by molar-refractivity contribution is 5.24. The Kier molecular flexibility index (Phi) is 3.07. The van der Waals surface area contributed by atoms with E-state index >= 15 is 0 Å². The molecule has 0 saturated heterocycles. The molecule has 1 saturated carbocycles. The van der Waals surface area contributed by atoms with Gasteiger partial charge >= 0.3 is 0 Å². The summed E-state index contributed by atoms with van der Waals surface area (Å²) in [6, 6.07) is 8.30. The summed E-state index contributed by atoms with van der Waals surface area (Å²) in [4.78, 5) is 0. The molecule has 88 valence electrons. The van der Waals surface area contributed by atoms with Crippen molar-refractivity contribution in [1.82, 2.24) is 0 Å². The highest BCUT2D eigenvalue weighted by Gasteiger charge is 2.39. The van der Waals surface area contributed by atoms with Crippen LogP contribution in [0.15, 0.2) is 24.3 Å². The van der Waals surface area contributed by atoms with Crippen molar-refractivity contribution in [3.05, 3.63) is 35.4 Å². The van der Waals surface area contributed by atoms with Crippen LogP contribution in [-0.2, 0) is 0 Å². The van der Waals surface area contributed by atoms with Gasteiger partial charge in [-0.25, -0.2) is 0 Å². The van der Waals surface area contributed by atoms with Crippen LogP contribution < -0.4 is 0 Å². The second-order valence-electron chi connectivity index (χ2n) is 5.84. The number of aryl methyl sites for hydroxylation is 1. The van der Waals surface area contributed by atoms with E-state index in [-0.39, 0.29) is 11.5 Å². The minimum absolute atomic E-state index is 0.282. The number of rotatable bonds is 2. The Balaban J connectivity index is 2.18. The van der Waals surface area contributed by atoms with Crippen LogP contribution in [0.25, 0.3) is 0 Å². The number of hydrogen-bond donors (Lipinski definition) is 1. The summed E-state index contributed by atoms with van der Waals surface area (Å²) in [6.45, 7) is 6.64. The topological polar surface area (TPSA) is 20.2 Å². The summed E-state index contributed by atoms with van der Waals surface area (Å²) >= 11 is 0. The first-order valence-corrected chi connectivity index (χ1v) is 6.25. The number of hydrogen-bond acceptors (Lipinski definition) is 1. The average Bonchev–Trinajstić information content (AvgIpc) is 2.58. The van der Waals surface area contributed by atoms with E-state index in [0.717, 1.165) is 12.0 Å². The molecular formula is C15H22O. The second kappa shape index (κ2) is 4.21. The predicted molar refractivity (Wildman–Crippen MR) is 67.3 cm³/mol. The van der Waals surface area contributed by atoms with E-state index < -0.39 is 0 Å². The molecule has 0 heterocycles. The molecule has 0 amide bonds. The number of aliphatic hydroxyl groups excluding tert-OH is 1. The third-order valence-electron chi connectivity index (χ3n) is 4.14. The summed E-state index contributed by atoms with van der Waals surface area (Å²) in [5, 5.41) is 10.4. The predicted octanol–water partition coefficient (Wildman–Crippen LogP) is 3.85. The van der Waals surface area contributed by atoms with Crippen molar-refractivity contribution in [3.63, 3.8) is 0 Å². The molecule has 1 aliphatic carbocycles. The Hall–Kier alpha value is -0.820. The molecule has 2 rings (SSSR count).